The number of anilines is 2. The summed E-state index contributed by atoms with van der Waals surface area (Å²) in [6.45, 7) is 8.11. The number of fused-ring (bicyclic) bond motifs is 1. The minimum atomic E-state index is 0.752. The molecule has 178 valence electrons. The maximum absolute atomic E-state index is 5.54. The van der Waals surface area contributed by atoms with E-state index in [0.717, 1.165) is 71.3 Å². The molecule has 4 aromatic rings. The second kappa shape index (κ2) is 10.5. The van der Waals surface area contributed by atoms with Crippen molar-refractivity contribution in [1.29, 1.82) is 0 Å². The van der Waals surface area contributed by atoms with Crippen LogP contribution < -0.4 is 14.4 Å². The summed E-state index contributed by atoms with van der Waals surface area (Å²) in [5.41, 5.74) is 5.46. The van der Waals surface area contributed by atoms with E-state index in [0.29, 0.717) is 0 Å². The smallest absolute Gasteiger partial charge is 0.124 e. The summed E-state index contributed by atoms with van der Waals surface area (Å²) in [7, 11) is 5.24. The van der Waals surface area contributed by atoms with Gasteiger partial charge in [-0.15, -0.1) is 0 Å². The normalized spacial score (nSPS) is 11.2. The molecule has 8 nitrogen and oxygen atoms in total. The Morgan fingerprint density at radius 1 is 0.853 bits per heavy atom. The molecule has 0 aliphatic rings. The Balaban J connectivity index is 1.77. The van der Waals surface area contributed by atoms with Gasteiger partial charge in [0.25, 0.3) is 0 Å². The van der Waals surface area contributed by atoms with Gasteiger partial charge in [0.1, 0.15) is 11.5 Å². The van der Waals surface area contributed by atoms with Gasteiger partial charge in [0.05, 0.1) is 43.3 Å². The lowest BCUT2D eigenvalue weighted by atomic mass is 10.2. The number of aromatic nitrogens is 4. The molecule has 2 aromatic heterocycles. The number of nitrogens with zero attached hydrogens (tertiary/aromatic N) is 6. The van der Waals surface area contributed by atoms with Gasteiger partial charge >= 0.3 is 0 Å². The third-order valence-electron chi connectivity index (χ3n) is 6.02. The van der Waals surface area contributed by atoms with E-state index >= 15 is 0 Å². The second-order valence-corrected chi connectivity index (χ2v) is 8.08. The molecule has 0 aliphatic heterocycles. The van der Waals surface area contributed by atoms with Gasteiger partial charge in [-0.2, -0.15) is 5.10 Å². The van der Waals surface area contributed by atoms with Gasteiger partial charge in [0.2, 0.25) is 0 Å². The average molecular weight is 461 g/mol. The van der Waals surface area contributed by atoms with Crippen molar-refractivity contribution < 1.29 is 9.47 Å². The van der Waals surface area contributed by atoms with Crippen LogP contribution >= 0.6 is 0 Å². The fourth-order valence-corrected chi connectivity index (χ4v) is 4.00. The number of ether oxygens (including phenoxy) is 2. The molecule has 0 fully saturated rings. The zero-order valence-electron chi connectivity index (χ0n) is 20.5. The lowest BCUT2D eigenvalue weighted by Gasteiger charge is -2.29. The average Bonchev–Trinajstić information content (AvgIpc) is 3.32. The van der Waals surface area contributed by atoms with Crippen molar-refractivity contribution in [3.63, 3.8) is 0 Å². The minimum absolute atomic E-state index is 0.752. The number of rotatable bonds is 10. The molecule has 4 rings (SSSR count). The largest absolute Gasteiger partial charge is 0.497 e. The summed E-state index contributed by atoms with van der Waals surface area (Å²) in [5.74, 6) is 1.50. The van der Waals surface area contributed by atoms with Crippen LogP contribution in [0.1, 0.15) is 13.8 Å². The number of likely N-dealkylation sites (N-methyl/N-ethyl adjacent to an activating group) is 1. The number of methoxy groups -OCH3 is 2. The van der Waals surface area contributed by atoms with Crippen LogP contribution in [-0.4, -0.2) is 65.0 Å². The zero-order chi connectivity index (χ0) is 24.1. The fraction of sp³-hybridized carbons (Fsp3) is 0.346. The van der Waals surface area contributed by atoms with Crippen molar-refractivity contribution in [2.75, 3.05) is 45.3 Å². The highest BCUT2D eigenvalue weighted by atomic mass is 16.5. The van der Waals surface area contributed by atoms with Crippen LogP contribution in [0.3, 0.4) is 0 Å². The Morgan fingerprint density at radius 2 is 1.59 bits per heavy atom. The number of aryl methyl sites for hydroxylation is 1. The van der Waals surface area contributed by atoms with Gasteiger partial charge in [0, 0.05) is 61.5 Å². The quantitative estimate of drug-likeness (QED) is 0.344. The van der Waals surface area contributed by atoms with Crippen molar-refractivity contribution in [2.24, 2.45) is 7.05 Å². The van der Waals surface area contributed by atoms with E-state index < -0.39 is 0 Å². The molecule has 34 heavy (non-hydrogen) atoms. The Morgan fingerprint density at radius 3 is 2.21 bits per heavy atom. The van der Waals surface area contributed by atoms with Crippen molar-refractivity contribution in [3.05, 3.63) is 55.0 Å². The molecule has 8 heteroatoms. The Hall–Kier alpha value is -3.65. The van der Waals surface area contributed by atoms with Gasteiger partial charge in [-0.25, -0.2) is 4.98 Å². The van der Waals surface area contributed by atoms with Crippen molar-refractivity contribution >= 4 is 22.4 Å². The predicted octanol–water partition coefficient (Wildman–Crippen LogP) is 4.53. The fourth-order valence-electron chi connectivity index (χ4n) is 4.00. The lowest BCUT2D eigenvalue weighted by molar-refractivity contribution is 0.312. The van der Waals surface area contributed by atoms with Crippen LogP contribution in [0.25, 0.3) is 22.3 Å². The summed E-state index contributed by atoms with van der Waals surface area (Å²) in [5, 5.41) is 4.26. The van der Waals surface area contributed by atoms with Crippen LogP contribution in [0.2, 0.25) is 0 Å². The first-order valence-corrected chi connectivity index (χ1v) is 11.5. The zero-order valence-corrected chi connectivity index (χ0v) is 20.5. The maximum atomic E-state index is 5.54. The molecule has 0 saturated carbocycles. The Labute approximate surface area is 200 Å². The molecule has 2 aromatic carbocycles. The third kappa shape index (κ3) is 5.12. The van der Waals surface area contributed by atoms with Crippen molar-refractivity contribution in [1.82, 2.24) is 24.6 Å². The van der Waals surface area contributed by atoms with E-state index in [1.807, 2.05) is 37.5 Å². The lowest BCUT2D eigenvalue weighted by Crippen LogP contribution is -2.32. The molecule has 0 aliphatic carbocycles. The molecule has 0 atom stereocenters. The molecule has 0 bridgehead atoms. The van der Waals surface area contributed by atoms with E-state index in [9.17, 15) is 0 Å². The first kappa shape index (κ1) is 23.5. The van der Waals surface area contributed by atoms with Gasteiger partial charge < -0.3 is 19.3 Å². The molecule has 0 amide bonds. The molecular weight excluding hydrogens is 428 g/mol. The highest BCUT2D eigenvalue weighted by Crippen LogP contribution is 2.34. The molecular formula is C26H32N6O2. The first-order chi connectivity index (χ1) is 16.5. The monoisotopic (exact) mass is 460 g/mol. The Bertz CT molecular complexity index is 1230. The predicted molar refractivity (Wildman–Crippen MR) is 136 cm³/mol. The third-order valence-corrected chi connectivity index (χ3v) is 6.02. The Kier molecular flexibility index (Phi) is 7.27. The molecule has 0 N–H and O–H groups in total. The highest BCUT2D eigenvalue weighted by Gasteiger charge is 2.15. The van der Waals surface area contributed by atoms with Crippen LogP contribution in [0.15, 0.2) is 55.0 Å². The highest BCUT2D eigenvalue weighted by molar-refractivity contribution is 5.82. The number of benzene rings is 2. The van der Waals surface area contributed by atoms with Gasteiger partial charge in [0.15, 0.2) is 0 Å². The number of hydrogen-bond donors (Lipinski definition) is 0. The van der Waals surface area contributed by atoms with E-state index in [2.05, 4.69) is 45.9 Å². The van der Waals surface area contributed by atoms with Crippen LogP contribution in [0, 0.1) is 0 Å². The molecule has 0 saturated heterocycles. The standard InChI is InChI=1S/C26H32N6O2/c1-6-31(7-2)10-11-32(21-12-22(33-4)15-23(13-21)34-5)20-8-9-24-25(14-20)29-26(17-27-24)19-16-28-30(3)18-19/h8-9,12-18H,6-7,10-11H2,1-5H3. The van der Waals surface area contributed by atoms with Crippen molar-refractivity contribution in [3.8, 4) is 22.8 Å². The SMILES string of the molecule is CCN(CC)CCN(c1cc(OC)cc(OC)c1)c1ccc2ncc(-c3cnn(C)c3)nc2c1. The summed E-state index contributed by atoms with van der Waals surface area (Å²) in [6.07, 6.45) is 5.54. The van der Waals surface area contributed by atoms with Crippen LogP contribution in [-0.2, 0) is 7.05 Å². The van der Waals surface area contributed by atoms with E-state index in [1.54, 1.807) is 31.3 Å². The number of hydrogen-bond acceptors (Lipinski definition) is 7. The van der Waals surface area contributed by atoms with E-state index in [-0.39, 0.29) is 0 Å². The summed E-state index contributed by atoms with van der Waals surface area (Å²) in [6, 6.07) is 12.2. The molecule has 0 unspecified atom stereocenters. The maximum Gasteiger partial charge on any atom is 0.124 e. The second-order valence-electron chi connectivity index (χ2n) is 8.08. The first-order valence-electron chi connectivity index (χ1n) is 11.5. The minimum Gasteiger partial charge on any atom is -0.497 e. The van der Waals surface area contributed by atoms with Crippen LogP contribution in [0.4, 0.5) is 11.4 Å². The van der Waals surface area contributed by atoms with Gasteiger partial charge in [-0.3, -0.25) is 9.67 Å². The van der Waals surface area contributed by atoms with E-state index in [4.69, 9.17) is 14.5 Å². The topological polar surface area (TPSA) is 68.5 Å². The van der Waals surface area contributed by atoms with Crippen LogP contribution in [0.5, 0.6) is 11.5 Å². The van der Waals surface area contributed by atoms with Gasteiger partial charge in [-0.05, 0) is 31.3 Å². The van der Waals surface area contributed by atoms with Gasteiger partial charge in [-0.1, -0.05) is 13.8 Å². The molecule has 2 heterocycles. The van der Waals surface area contributed by atoms with Crippen molar-refractivity contribution in [2.45, 2.75) is 13.8 Å². The van der Waals surface area contributed by atoms with E-state index in [1.165, 1.54) is 0 Å². The molecule has 0 spiro atoms. The summed E-state index contributed by atoms with van der Waals surface area (Å²) in [4.78, 5) is 14.2. The molecule has 0 radical (unpaired) electrons. The summed E-state index contributed by atoms with van der Waals surface area (Å²) < 4.78 is 12.8. The summed E-state index contributed by atoms with van der Waals surface area (Å²) >= 11 is 0.